The van der Waals surface area contributed by atoms with Gasteiger partial charge in [-0.2, -0.15) is 0 Å². The fraction of sp³-hybridized carbons (Fsp3) is 0.571. The van der Waals surface area contributed by atoms with Crippen LogP contribution in [0.3, 0.4) is 0 Å². The lowest BCUT2D eigenvalue weighted by molar-refractivity contribution is 0.297. The molecule has 1 aromatic carbocycles. The predicted octanol–water partition coefficient (Wildman–Crippen LogP) is 1.46. The van der Waals surface area contributed by atoms with Gasteiger partial charge in [0, 0.05) is 12.5 Å². The van der Waals surface area contributed by atoms with Crippen LogP contribution in [0, 0.1) is 5.92 Å². The Hall–Kier alpha value is -1.26. The van der Waals surface area contributed by atoms with Crippen LogP contribution in [-0.4, -0.2) is 26.3 Å². The van der Waals surface area contributed by atoms with E-state index in [9.17, 15) is 0 Å². The molecule has 1 aromatic rings. The van der Waals surface area contributed by atoms with Gasteiger partial charge in [0.1, 0.15) is 0 Å². The smallest absolute Gasteiger partial charge is 0.161 e. The van der Waals surface area contributed by atoms with Gasteiger partial charge in [-0.15, -0.1) is 0 Å². The normalized spacial score (nSPS) is 24.6. The fourth-order valence-corrected chi connectivity index (χ4v) is 2.64. The van der Waals surface area contributed by atoms with E-state index >= 15 is 0 Å². The van der Waals surface area contributed by atoms with Gasteiger partial charge in [-0.3, -0.25) is 0 Å². The lowest BCUT2D eigenvalue weighted by Gasteiger charge is -2.19. The number of nitrogens with two attached hydrogens (primary N) is 1. The van der Waals surface area contributed by atoms with Crippen molar-refractivity contribution in [2.45, 2.75) is 18.9 Å². The molecule has 4 heteroatoms. The fourth-order valence-electron chi connectivity index (χ4n) is 2.64. The average Bonchev–Trinajstić information content (AvgIpc) is 2.83. The van der Waals surface area contributed by atoms with E-state index in [0.29, 0.717) is 5.92 Å². The second-order valence-corrected chi connectivity index (χ2v) is 5.04. The van der Waals surface area contributed by atoms with E-state index in [-0.39, 0.29) is 6.04 Å². The van der Waals surface area contributed by atoms with Crippen LogP contribution in [0.15, 0.2) is 18.2 Å². The lowest BCUT2D eigenvalue weighted by atomic mass is 9.93. The summed E-state index contributed by atoms with van der Waals surface area (Å²) in [5.74, 6) is 2.20. The van der Waals surface area contributed by atoms with Gasteiger partial charge in [0.2, 0.25) is 0 Å². The highest BCUT2D eigenvalue weighted by Crippen LogP contribution is 2.34. The summed E-state index contributed by atoms with van der Waals surface area (Å²) in [7, 11) is 0. The molecule has 2 aliphatic heterocycles. The number of hydrogen-bond donors (Lipinski definition) is 2. The van der Waals surface area contributed by atoms with Crippen molar-refractivity contribution in [3.8, 4) is 11.5 Å². The second-order valence-electron chi connectivity index (χ2n) is 5.04. The molecule has 3 N–H and O–H groups in total. The summed E-state index contributed by atoms with van der Waals surface area (Å²) in [6, 6.07) is 6.18. The summed E-state index contributed by atoms with van der Waals surface area (Å²) >= 11 is 0. The highest BCUT2D eigenvalue weighted by atomic mass is 16.5. The quantitative estimate of drug-likeness (QED) is 0.832. The SMILES string of the molecule is NC(c1ccc2c(c1)OCCCO2)C1CCNC1. The van der Waals surface area contributed by atoms with Crippen LogP contribution in [0.2, 0.25) is 0 Å². The van der Waals surface area contributed by atoms with Crippen LogP contribution in [0.1, 0.15) is 24.4 Å². The Bertz CT molecular complexity index is 416. The summed E-state index contributed by atoms with van der Waals surface area (Å²) in [6.45, 7) is 3.53. The van der Waals surface area contributed by atoms with E-state index in [1.807, 2.05) is 12.1 Å². The summed E-state index contributed by atoms with van der Waals surface area (Å²) < 4.78 is 11.3. The summed E-state index contributed by atoms with van der Waals surface area (Å²) in [4.78, 5) is 0. The van der Waals surface area contributed by atoms with Crippen LogP contribution >= 0.6 is 0 Å². The van der Waals surface area contributed by atoms with Crippen molar-refractivity contribution < 1.29 is 9.47 Å². The molecule has 2 unspecified atom stereocenters. The Labute approximate surface area is 107 Å². The van der Waals surface area contributed by atoms with Crippen molar-refractivity contribution >= 4 is 0 Å². The molecule has 0 aromatic heterocycles. The molecule has 0 amide bonds. The van der Waals surface area contributed by atoms with Gasteiger partial charge in [-0.1, -0.05) is 6.07 Å². The topological polar surface area (TPSA) is 56.5 Å². The maximum absolute atomic E-state index is 6.34. The third kappa shape index (κ3) is 2.31. The van der Waals surface area contributed by atoms with E-state index in [2.05, 4.69) is 11.4 Å². The monoisotopic (exact) mass is 248 g/mol. The van der Waals surface area contributed by atoms with E-state index < -0.39 is 0 Å². The first-order valence-electron chi connectivity index (χ1n) is 6.70. The average molecular weight is 248 g/mol. The van der Waals surface area contributed by atoms with E-state index in [4.69, 9.17) is 15.2 Å². The van der Waals surface area contributed by atoms with Gasteiger partial charge >= 0.3 is 0 Å². The zero-order valence-corrected chi connectivity index (χ0v) is 10.5. The first-order chi connectivity index (χ1) is 8.84. The molecule has 0 aliphatic carbocycles. The standard InChI is InChI=1S/C14H20N2O2/c15-14(11-4-5-16-9-11)10-2-3-12-13(8-10)18-7-1-6-17-12/h2-3,8,11,14,16H,1,4-7,9,15H2. The Kier molecular flexibility index (Phi) is 3.39. The summed E-state index contributed by atoms with van der Waals surface area (Å²) in [5, 5.41) is 3.36. The van der Waals surface area contributed by atoms with Gasteiger partial charge < -0.3 is 20.5 Å². The van der Waals surface area contributed by atoms with Crippen LogP contribution < -0.4 is 20.5 Å². The van der Waals surface area contributed by atoms with Crippen LogP contribution in [-0.2, 0) is 0 Å². The summed E-state index contributed by atoms with van der Waals surface area (Å²) in [5.41, 5.74) is 7.48. The van der Waals surface area contributed by atoms with Crippen LogP contribution in [0.25, 0.3) is 0 Å². The molecule has 0 saturated carbocycles. The van der Waals surface area contributed by atoms with E-state index in [1.165, 1.54) is 0 Å². The van der Waals surface area contributed by atoms with Crippen molar-refractivity contribution in [1.82, 2.24) is 5.32 Å². The molecule has 98 valence electrons. The molecule has 4 nitrogen and oxygen atoms in total. The van der Waals surface area contributed by atoms with Crippen molar-refractivity contribution in [3.05, 3.63) is 23.8 Å². The Morgan fingerprint density at radius 3 is 2.83 bits per heavy atom. The highest BCUT2D eigenvalue weighted by Gasteiger charge is 2.24. The maximum Gasteiger partial charge on any atom is 0.161 e. The van der Waals surface area contributed by atoms with Gasteiger partial charge in [0.15, 0.2) is 11.5 Å². The minimum atomic E-state index is 0.0807. The molecule has 2 atom stereocenters. The summed E-state index contributed by atoms with van der Waals surface area (Å²) in [6.07, 6.45) is 2.08. The molecule has 2 aliphatic rings. The predicted molar refractivity (Wildman–Crippen MR) is 70.0 cm³/mol. The van der Waals surface area contributed by atoms with Gasteiger partial charge in [-0.05, 0) is 43.1 Å². The van der Waals surface area contributed by atoms with Gasteiger partial charge in [-0.25, -0.2) is 0 Å². The van der Waals surface area contributed by atoms with Crippen LogP contribution in [0.5, 0.6) is 11.5 Å². The van der Waals surface area contributed by atoms with Gasteiger partial charge in [0.25, 0.3) is 0 Å². The van der Waals surface area contributed by atoms with Crippen molar-refractivity contribution in [1.29, 1.82) is 0 Å². The largest absolute Gasteiger partial charge is 0.490 e. The molecular weight excluding hydrogens is 228 g/mol. The molecule has 3 rings (SSSR count). The lowest BCUT2D eigenvalue weighted by Crippen LogP contribution is -2.23. The number of fused-ring (bicyclic) bond motifs is 1. The third-order valence-electron chi connectivity index (χ3n) is 3.76. The number of rotatable bonds is 2. The van der Waals surface area contributed by atoms with E-state index in [0.717, 1.165) is 56.2 Å². The number of ether oxygens (including phenoxy) is 2. The second kappa shape index (κ2) is 5.16. The molecule has 18 heavy (non-hydrogen) atoms. The van der Waals surface area contributed by atoms with Crippen molar-refractivity contribution in [3.63, 3.8) is 0 Å². The number of hydrogen-bond acceptors (Lipinski definition) is 4. The molecule has 0 bridgehead atoms. The number of nitrogens with one attached hydrogen (secondary N) is 1. The first kappa shape index (κ1) is 11.8. The third-order valence-corrected chi connectivity index (χ3v) is 3.76. The van der Waals surface area contributed by atoms with Gasteiger partial charge in [0.05, 0.1) is 13.2 Å². The number of benzene rings is 1. The van der Waals surface area contributed by atoms with Crippen LogP contribution in [0.4, 0.5) is 0 Å². The molecule has 1 fully saturated rings. The zero-order chi connectivity index (χ0) is 12.4. The maximum atomic E-state index is 6.34. The van der Waals surface area contributed by atoms with Crippen molar-refractivity contribution in [2.75, 3.05) is 26.3 Å². The minimum Gasteiger partial charge on any atom is -0.490 e. The molecule has 0 radical (unpaired) electrons. The molecule has 1 saturated heterocycles. The zero-order valence-electron chi connectivity index (χ0n) is 10.5. The van der Waals surface area contributed by atoms with Crippen molar-refractivity contribution in [2.24, 2.45) is 11.7 Å². The Morgan fingerprint density at radius 1 is 1.22 bits per heavy atom. The Balaban J connectivity index is 1.82. The molecule has 0 spiro atoms. The Morgan fingerprint density at radius 2 is 2.06 bits per heavy atom. The highest BCUT2D eigenvalue weighted by molar-refractivity contribution is 5.44. The molecular formula is C14H20N2O2. The first-order valence-corrected chi connectivity index (χ1v) is 6.70. The molecule has 2 heterocycles. The van der Waals surface area contributed by atoms with E-state index in [1.54, 1.807) is 0 Å². The minimum absolute atomic E-state index is 0.0807.